The molecule has 3 nitrogen and oxygen atoms in total. The third kappa shape index (κ3) is 2.96. The van der Waals surface area contributed by atoms with Gasteiger partial charge in [0, 0.05) is 10.7 Å². The van der Waals surface area contributed by atoms with E-state index in [0.717, 1.165) is 5.69 Å². The average molecular weight is 250 g/mol. The van der Waals surface area contributed by atoms with Crippen molar-refractivity contribution in [2.75, 3.05) is 0 Å². The molecule has 0 radical (unpaired) electrons. The normalized spacial score (nSPS) is 10.3. The fraction of sp³-hybridized carbons (Fsp3) is 0.154. The second-order valence-corrected chi connectivity index (χ2v) is 4.06. The van der Waals surface area contributed by atoms with E-state index >= 15 is 0 Å². The van der Waals surface area contributed by atoms with Crippen LogP contribution in [0.1, 0.15) is 11.3 Å². The summed E-state index contributed by atoms with van der Waals surface area (Å²) in [4.78, 5) is 4.13. The summed E-state index contributed by atoms with van der Waals surface area (Å²) in [5.41, 5.74) is 1.62. The summed E-state index contributed by atoms with van der Waals surface area (Å²) in [6.07, 6.45) is 1.66. The Balaban J connectivity index is 2.19. The number of aryl methyl sites for hydroxylation is 1. The highest BCUT2D eigenvalue weighted by Crippen LogP contribution is 2.26. The minimum atomic E-state index is -0.0782. The van der Waals surface area contributed by atoms with Gasteiger partial charge in [-0.3, -0.25) is 4.98 Å². The molecule has 0 aliphatic carbocycles. The van der Waals surface area contributed by atoms with Gasteiger partial charge in [-0.1, -0.05) is 17.7 Å². The molecule has 0 saturated carbocycles. The Labute approximate surface area is 105 Å². The molecule has 2 aromatic rings. The zero-order valence-corrected chi connectivity index (χ0v) is 10.1. The van der Waals surface area contributed by atoms with E-state index in [1.54, 1.807) is 24.4 Å². The van der Waals surface area contributed by atoms with Crippen LogP contribution in [0, 0.1) is 6.92 Å². The minimum Gasteiger partial charge on any atom is -0.456 e. The van der Waals surface area contributed by atoms with Gasteiger partial charge < -0.3 is 9.84 Å². The van der Waals surface area contributed by atoms with Gasteiger partial charge in [-0.15, -0.1) is 0 Å². The highest BCUT2D eigenvalue weighted by Gasteiger charge is 2.03. The van der Waals surface area contributed by atoms with Gasteiger partial charge in [0.2, 0.25) is 0 Å². The van der Waals surface area contributed by atoms with Crippen LogP contribution in [0.3, 0.4) is 0 Å². The summed E-state index contributed by atoms with van der Waals surface area (Å²) in [5, 5.41) is 9.49. The third-order valence-corrected chi connectivity index (χ3v) is 2.67. The van der Waals surface area contributed by atoms with E-state index in [0.29, 0.717) is 22.1 Å². The standard InChI is InChI=1S/C13H12ClNO2/c1-9-2-4-12(7-15-9)17-11-5-3-10(8-16)13(14)6-11/h2-7,16H,8H2,1H3. The summed E-state index contributed by atoms with van der Waals surface area (Å²) in [6, 6.07) is 8.89. The lowest BCUT2D eigenvalue weighted by molar-refractivity contribution is 0.282. The van der Waals surface area contributed by atoms with E-state index in [-0.39, 0.29) is 6.61 Å². The summed E-state index contributed by atoms with van der Waals surface area (Å²) in [6.45, 7) is 1.84. The molecule has 0 fully saturated rings. The Morgan fingerprint density at radius 2 is 2.00 bits per heavy atom. The maximum Gasteiger partial charge on any atom is 0.145 e. The number of rotatable bonds is 3. The number of benzene rings is 1. The van der Waals surface area contributed by atoms with Crippen LogP contribution in [0.15, 0.2) is 36.5 Å². The summed E-state index contributed by atoms with van der Waals surface area (Å²) in [5.74, 6) is 1.28. The zero-order valence-electron chi connectivity index (χ0n) is 9.35. The number of halogens is 1. The number of aliphatic hydroxyl groups is 1. The van der Waals surface area contributed by atoms with Crippen molar-refractivity contribution in [3.63, 3.8) is 0 Å². The second kappa shape index (κ2) is 5.17. The number of hydrogen-bond acceptors (Lipinski definition) is 3. The predicted molar refractivity (Wildman–Crippen MR) is 66.4 cm³/mol. The fourth-order valence-corrected chi connectivity index (χ4v) is 1.60. The summed E-state index contributed by atoms with van der Waals surface area (Å²) in [7, 11) is 0. The molecule has 0 atom stereocenters. The Bertz CT molecular complexity index is 511. The Morgan fingerprint density at radius 3 is 2.59 bits per heavy atom. The average Bonchev–Trinajstić information content (AvgIpc) is 2.32. The molecule has 17 heavy (non-hydrogen) atoms. The smallest absolute Gasteiger partial charge is 0.145 e. The SMILES string of the molecule is Cc1ccc(Oc2ccc(CO)c(Cl)c2)cn1. The molecule has 88 valence electrons. The predicted octanol–water partition coefficient (Wildman–Crippen LogP) is 3.33. The molecular formula is C13H12ClNO2. The molecule has 0 aliphatic rings. The number of aromatic nitrogens is 1. The molecule has 0 amide bonds. The van der Waals surface area contributed by atoms with Crippen molar-refractivity contribution in [1.82, 2.24) is 4.98 Å². The van der Waals surface area contributed by atoms with Gasteiger partial charge in [-0.2, -0.15) is 0 Å². The van der Waals surface area contributed by atoms with Gasteiger partial charge in [0.25, 0.3) is 0 Å². The number of hydrogen-bond donors (Lipinski definition) is 1. The lowest BCUT2D eigenvalue weighted by Gasteiger charge is -2.07. The van der Waals surface area contributed by atoms with Crippen molar-refractivity contribution < 1.29 is 9.84 Å². The molecule has 2 rings (SSSR count). The minimum absolute atomic E-state index is 0.0782. The molecule has 0 bridgehead atoms. The number of ether oxygens (including phenoxy) is 1. The van der Waals surface area contributed by atoms with E-state index in [4.69, 9.17) is 21.4 Å². The zero-order chi connectivity index (χ0) is 12.3. The molecule has 1 N–H and O–H groups in total. The van der Waals surface area contributed by atoms with Crippen molar-refractivity contribution in [3.8, 4) is 11.5 Å². The van der Waals surface area contributed by atoms with Gasteiger partial charge in [-0.05, 0) is 36.8 Å². The van der Waals surface area contributed by atoms with Gasteiger partial charge in [0.05, 0.1) is 12.8 Å². The van der Waals surface area contributed by atoms with Crippen LogP contribution in [-0.4, -0.2) is 10.1 Å². The largest absolute Gasteiger partial charge is 0.456 e. The van der Waals surface area contributed by atoms with E-state index in [2.05, 4.69) is 4.98 Å². The topological polar surface area (TPSA) is 42.4 Å². The molecular weight excluding hydrogens is 238 g/mol. The molecule has 1 heterocycles. The van der Waals surface area contributed by atoms with Crippen LogP contribution in [-0.2, 0) is 6.61 Å². The first-order valence-corrected chi connectivity index (χ1v) is 5.56. The maximum absolute atomic E-state index is 8.99. The van der Waals surface area contributed by atoms with E-state index < -0.39 is 0 Å². The quantitative estimate of drug-likeness (QED) is 0.907. The fourth-order valence-electron chi connectivity index (χ4n) is 1.37. The molecule has 4 heteroatoms. The second-order valence-electron chi connectivity index (χ2n) is 3.65. The first-order chi connectivity index (χ1) is 8.19. The van der Waals surface area contributed by atoms with Crippen LogP contribution in [0.2, 0.25) is 5.02 Å². The number of pyridine rings is 1. The molecule has 0 unspecified atom stereocenters. The first kappa shape index (κ1) is 11.9. The molecule has 1 aromatic heterocycles. The van der Waals surface area contributed by atoms with E-state index in [1.807, 2.05) is 19.1 Å². The highest BCUT2D eigenvalue weighted by atomic mass is 35.5. The van der Waals surface area contributed by atoms with Gasteiger partial charge >= 0.3 is 0 Å². The van der Waals surface area contributed by atoms with Crippen LogP contribution >= 0.6 is 11.6 Å². The lowest BCUT2D eigenvalue weighted by Crippen LogP contribution is -1.89. The molecule has 1 aromatic carbocycles. The van der Waals surface area contributed by atoms with Crippen molar-refractivity contribution in [2.24, 2.45) is 0 Å². The van der Waals surface area contributed by atoms with Crippen LogP contribution in [0.5, 0.6) is 11.5 Å². The monoisotopic (exact) mass is 249 g/mol. The van der Waals surface area contributed by atoms with E-state index in [1.165, 1.54) is 0 Å². The molecule has 0 spiro atoms. The van der Waals surface area contributed by atoms with Crippen molar-refractivity contribution in [2.45, 2.75) is 13.5 Å². The Hall–Kier alpha value is -1.58. The van der Waals surface area contributed by atoms with Crippen molar-refractivity contribution in [3.05, 3.63) is 52.8 Å². The maximum atomic E-state index is 8.99. The first-order valence-electron chi connectivity index (χ1n) is 5.19. The van der Waals surface area contributed by atoms with Gasteiger partial charge in [0.15, 0.2) is 0 Å². The van der Waals surface area contributed by atoms with Crippen molar-refractivity contribution in [1.29, 1.82) is 0 Å². The Kier molecular flexibility index (Phi) is 3.61. The third-order valence-electron chi connectivity index (χ3n) is 2.31. The highest BCUT2D eigenvalue weighted by molar-refractivity contribution is 6.31. The van der Waals surface area contributed by atoms with Gasteiger partial charge in [-0.25, -0.2) is 0 Å². The van der Waals surface area contributed by atoms with Crippen molar-refractivity contribution >= 4 is 11.6 Å². The van der Waals surface area contributed by atoms with Crippen LogP contribution < -0.4 is 4.74 Å². The van der Waals surface area contributed by atoms with Crippen LogP contribution in [0.4, 0.5) is 0 Å². The lowest BCUT2D eigenvalue weighted by atomic mass is 10.2. The molecule has 0 saturated heterocycles. The summed E-state index contributed by atoms with van der Waals surface area (Å²) >= 11 is 5.97. The van der Waals surface area contributed by atoms with Crippen LogP contribution in [0.25, 0.3) is 0 Å². The Morgan fingerprint density at radius 1 is 1.24 bits per heavy atom. The van der Waals surface area contributed by atoms with E-state index in [9.17, 15) is 0 Å². The number of nitrogens with zero attached hydrogens (tertiary/aromatic N) is 1. The number of aliphatic hydroxyl groups excluding tert-OH is 1. The molecule has 0 aliphatic heterocycles. The van der Waals surface area contributed by atoms with Gasteiger partial charge in [0.1, 0.15) is 11.5 Å². The summed E-state index contributed by atoms with van der Waals surface area (Å²) < 4.78 is 5.59.